The third-order valence-corrected chi connectivity index (χ3v) is 7.22. The van der Waals surface area contributed by atoms with Gasteiger partial charge in [0.15, 0.2) is 0 Å². The third kappa shape index (κ3) is 4.00. The van der Waals surface area contributed by atoms with E-state index in [2.05, 4.69) is 22.2 Å². The number of fused-ring (bicyclic) bond motifs is 3. The second kappa shape index (κ2) is 8.49. The number of methoxy groups -OCH3 is 1. The standard InChI is InChI=1S/C21H23N3O2S2/c1-13-7-8-15-17(9-13)28-21-19(15)20(23-12-24-21)27-11-18(25)22-10-14-5-3-4-6-16(14)26-2/h3-6,12-13H,7-11H2,1-2H3,(H,22,25)/t13-/m1/s1. The number of benzene rings is 1. The Morgan fingerprint density at radius 3 is 3.07 bits per heavy atom. The monoisotopic (exact) mass is 413 g/mol. The zero-order valence-corrected chi connectivity index (χ0v) is 17.7. The number of nitrogens with one attached hydrogen (secondary N) is 1. The van der Waals surface area contributed by atoms with Crippen LogP contribution in [-0.2, 0) is 24.2 Å². The predicted octanol–water partition coefficient (Wildman–Crippen LogP) is 4.23. The molecule has 1 N–H and O–H groups in total. The van der Waals surface area contributed by atoms with Crippen molar-refractivity contribution in [2.75, 3.05) is 12.9 Å². The Labute approximate surface area is 172 Å². The molecule has 0 spiro atoms. The highest BCUT2D eigenvalue weighted by molar-refractivity contribution is 8.00. The van der Waals surface area contributed by atoms with Crippen LogP contribution in [0, 0.1) is 5.92 Å². The quantitative estimate of drug-likeness (QED) is 0.484. The van der Waals surface area contributed by atoms with Gasteiger partial charge in [-0.05, 0) is 36.8 Å². The molecule has 0 saturated carbocycles. The van der Waals surface area contributed by atoms with Gasteiger partial charge >= 0.3 is 0 Å². The second-order valence-corrected chi connectivity index (χ2v) is 9.14. The minimum atomic E-state index is -0.0135. The lowest BCUT2D eigenvalue weighted by molar-refractivity contribution is -0.118. The highest BCUT2D eigenvalue weighted by atomic mass is 32.2. The van der Waals surface area contributed by atoms with Gasteiger partial charge < -0.3 is 10.1 Å². The molecule has 0 bridgehead atoms. The lowest BCUT2D eigenvalue weighted by Gasteiger charge is -2.18. The topological polar surface area (TPSA) is 64.1 Å². The Kier molecular flexibility index (Phi) is 5.82. The van der Waals surface area contributed by atoms with Gasteiger partial charge in [0.1, 0.15) is 21.9 Å². The molecule has 3 aromatic rings. The summed E-state index contributed by atoms with van der Waals surface area (Å²) < 4.78 is 5.33. The van der Waals surface area contributed by atoms with E-state index in [9.17, 15) is 4.79 Å². The highest BCUT2D eigenvalue weighted by Crippen LogP contribution is 2.40. The van der Waals surface area contributed by atoms with Crippen molar-refractivity contribution >= 4 is 39.2 Å². The van der Waals surface area contributed by atoms with Crippen molar-refractivity contribution in [3.8, 4) is 5.75 Å². The second-order valence-electron chi connectivity index (χ2n) is 7.09. The number of carbonyl (C=O) groups is 1. The summed E-state index contributed by atoms with van der Waals surface area (Å²) in [6.45, 7) is 2.76. The summed E-state index contributed by atoms with van der Waals surface area (Å²) >= 11 is 3.28. The van der Waals surface area contributed by atoms with Crippen LogP contribution in [0.4, 0.5) is 0 Å². The average Bonchev–Trinajstić information content (AvgIpc) is 3.08. The number of rotatable bonds is 6. The van der Waals surface area contributed by atoms with Gasteiger partial charge in [0.25, 0.3) is 0 Å². The van der Waals surface area contributed by atoms with Crippen LogP contribution < -0.4 is 10.1 Å². The van der Waals surface area contributed by atoms with Crippen LogP contribution >= 0.6 is 23.1 Å². The van der Waals surface area contributed by atoms with E-state index in [-0.39, 0.29) is 5.91 Å². The van der Waals surface area contributed by atoms with E-state index in [0.29, 0.717) is 12.3 Å². The average molecular weight is 414 g/mol. The largest absolute Gasteiger partial charge is 0.496 e. The number of hydrogen-bond donors (Lipinski definition) is 1. The molecule has 28 heavy (non-hydrogen) atoms. The van der Waals surface area contributed by atoms with E-state index in [1.807, 2.05) is 24.3 Å². The molecular weight excluding hydrogens is 390 g/mol. The molecule has 0 aliphatic heterocycles. The molecule has 1 aliphatic carbocycles. The Bertz CT molecular complexity index is 1000. The van der Waals surface area contributed by atoms with Gasteiger partial charge in [0.2, 0.25) is 5.91 Å². The first kappa shape index (κ1) is 19.2. The SMILES string of the molecule is COc1ccccc1CNC(=O)CSc1ncnc2sc3c(c12)CC[C@@H](C)C3. The van der Waals surface area contributed by atoms with E-state index in [1.54, 1.807) is 24.8 Å². The highest BCUT2D eigenvalue weighted by Gasteiger charge is 2.23. The van der Waals surface area contributed by atoms with Crippen molar-refractivity contribution in [3.63, 3.8) is 0 Å². The Morgan fingerprint density at radius 2 is 2.21 bits per heavy atom. The van der Waals surface area contributed by atoms with Gasteiger partial charge in [-0.2, -0.15) is 0 Å². The molecule has 1 amide bonds. The summed E-state index contributed by atoms with van der Waals surface area (Å²) in [6, 6.07) is 7.72. The summed E-state index contributed by atoms with van der Waals surface area (Å²) in [4.78, 5) is 23.8. The maximum absolute atomic E-state index is 12.4. The summed E-state index contributed by atoms with van der Waals surface area (Å²) in [5.41, 5.74) is 2.37. The van der Waals surface area contributed by atoms with Gasteiger partial charge in [-0.25, -0.2) is 9.97 Å². The molecule has 0 radical (unpaired) electrons. The summed E-state index contributed by atoms with van der Waals surface area (Å²) in [7, 11) is 1.64. The summed E-state index contributed by atoms with van der Waals surface area (Å²) in [6.07, 6.45) is 5.03. The predicted molar refractivity (Wildman–Crippen MR) is 114 cm³/mol. The molecule has 1 aliphatic rings. The van der Waals surface area contributed by atoms with E-state index in [1.165, 1.54) is 28.6 Å². The number of carbonyl (C=O) groups excluding carboxylic acids is 1. The molecule has 2 aromatic heterocycles. The molecule has 4 rings (SSSR count). The van der Waals surface area contributed by atoms with E-state index < -0.39 is 0 Å². The number of aryl methyl sites for hydroxylation is 1. The van der Waals surface area contributed by atoms with Crippen molar-refractivity contribution in [2.24, 2.45) is 5.92 Å². The van der Waals surface area contributed by atoms with Crippen LogP contribution in [0.2, 0.25) is 0 Å². The van der Waals surface area contributed by atoms with Crippen LogP contribution in [0.1, 0.15) is 29.3 Å². The lowest BCUT2D eigenvalue weighted by atomic mass is 9.89. The molecule has 146 valence electrons. The van der Waals surface area contributed by atoms with E-state index >= 15 is 0 Å². The van der Waals surface area contributed by atoms with Crippen molar-refractivity contribution in [1.82, 2.24) is 15.3 Å². The minimum absolute atomic E-state index is 0.0135. The molecule has 1 aromatic carbocycles. The van der Waals surface area contributed by atoms with E-state index in [0.717, 1.165) is 45.3 Å². The number of thioether (sulfide) groups is 1. The number of para-hydroxylation sites is 1. The molecule has 0 saturated heterocycles. The summed E-state index contributed by atoms with van der Waals surface area (Å²) in [5.74, 6) is 1.83. The number of nitrogens with zero attached hydrogens (tertiary/aromatic N) is 2. The molecular formula is C21H23N3O2S2. The number of ether oxygens (including phenoxy) is 1. The van der Waals surface area contributed by atoms with Crippen LogP contribution in [0.25, 0.3) is 10.2 Å². The van der Waals surface area contributed by atoms with Gasteiger partial charge in [-0.15, -0.1) is 11.3 Å². The number of thiophene rings is 1. The number of hydrogen-bond acceptors (Lipinski definition) is 6. The molecule has 1 atom stereocenters. The van der Waals surface area contributed by atoms with Crippen molar-refractivity contribution in [1.29, 1.82) is 0 Å². The molecule has 5 nitrogen and oxygen atoms in total. The Balaban J connectivity index is 1.43. The Morgan fingerprint density at radius 1 is 1.36 bits per heavy atom. The fourth-order valence-electron chi connectivity index (χ4n) is 3.58. The normalized spacial score (nSPS) is 16.0. The maximum atomic E-state index is 12.4. The first-order chi connectivity index (χ1) is 13.7. The van der Waals surface area contributed by atoms with Gasteiger partial charge in [0, 0.05) is 22.4 Å². The number of aromatic nitrogens is 2. The van der Waals surface area contributed by atoms with Gasteiger partial charge in [0.05, 0.1) is 12.9 Å². The minimum Gasteiger partial charge on any atom is -0.496 e. The first-order valence-corrected chi connectivity index (χ1v) is 11.2. The van der Waals surface area contributed by atoms with E-state index in [4.69, 9.17) is 4.74 Å². The lowest BCUT2D eigenvalue weighted by Crippen LogP contribution is -2.24. The van der Waals surface area contributed by atoms with Crippen molar-refractivity contribution in [3.05, 3.63) is 46.6 Å². The van der Waals surface area contributed by atoms with Crippen LogP contribution in [0.15, 0.2) is 35.6 Å². The van der Waals surface area contributed by atoms with Crippen molar-refractivity contribution < 1.29 is 9.53 Å². The van der Waals surface area contributed by atoms with Gasteiger partial charge in [-0.1, -0.05) is 36.9 Å². The fourth-order valence-corrected chi connectivity index (χ4v) is 5.85. The smallest absolute Gasteiger partial charge is 0.230 e. The zero-order valence-electron chi connectivity index (χ0n) is 16.0. The molecule has 0 fully saturated rings. The fraction of sp³-hybridized carbons (Fsp3) is 0.381. The third-order valence-electron chi connectivity index (χ3n) is 5.07. The van der Waals surface area contributed by atoms with Crippen LogP contribution in [0.3, 0.4) is 0 Å². The molecule has 2 heterocycles. The Hall–Kier alpha value is -2.12. The number of amides is 1. The van der Waals surface area contributed by atoms with Gasteiger partial charge in [-0.3, -0.25) is 4.79 Å². The molecule has 0 unspecified atom stereocenters. The zero-order chi connectivity index (χ0) is 19.5. The van der Waals surface area contributed by atoms with Crippen molar-refractivity contribution in [2.45, 2.75) is 37.8 Å². The molecule has 7 heteroatoms. The maximum Gasteiger partial charge on any atom is 0.230 e. The first-order valence-electron chi connectivity index (χ1n) is 9.42. The van der Waals surface area contributed by atoms with Crippen LogP contribution in [-0.4, -0.2) is 28.7 Å². The van der Waals surface area contributed by atoms with Crippen LogP contribution in [0.5, 0.6) is 5.75 Å². The summed E-state index contributed by atoms with van der Waals surface area (Å²) in [5, 5.41) is 5.06.